The predicted octanol–water partition coefficient (Wildman–Crippen LogP) is 2.74. The van der Waals surface area contributed by atoms with Crippen LogP contribution in [0.2, 0.25) is 0 Å². The van der Waals surface area contributed by atoms with Crippen LogP contribution in [0.3, 0.4) is 0 Å². The first-order valence-electron chi connectivity index (χ1n) is 10.6. The van der Waals surface area contributed by atoms with Gasteiger partial charge in [0.25, 0.3) is 5.91 Å². The van der Waals surface area contributed by atoms with Gasteiger partial charge in [-0.05, 0) is 36.5 Å². The van der Waals surface area contributed by atoms with Gasteiger partial charge in [0.05, 0.1) is 6.61 Å². The molecular formula is C22H35IN4O3. The minimum absolute atomic E-state index is 0. The molecule has 0 saturated carbocycles. The molecule has 0 radical (unpaired) electrons. The zero-order valence-electron chi connectivity index (χ0n) is 18.3. The Labute approximate surface area is 197 Å². The molecule has 2 aliphatic rings. The fraction of sp³-hybridized carbons (Fsp3) is 0.636. The number of nitrogens with one attached hydrogen (secondary N) is 1. The van der Waals surface area contributed by atoms with E-state index in [2.05, 4.69) is 41.2 Å². The molecule has 1 aromatic carbocycles. The van der Waals surface area contributed by atoms with Crippen molar-refractivity contribution < 1.29 is 14.3 Å². The van der Waals surface area contributed by atoms with Gasteiger partial charge in [-0.15, -0.1) is 24.0 Å². The third-order valence-electron chi connectivity index (χ3n) is 5.27. The topological polar surface area (TPSA) is 66.4 Å². The maximum absolute atomic E-state index is 12.5. The largest absolute Gasteiger partial charge is 0.493 e. The number of carbonyl (C=O) groups excluding carboxylic acids is 1. The first kappa shape index (κ1) is 24.7. The smallest absolute Gasteiger partial charge is 0.251 e. The zero-order valence-corrected chi connectivity index (χ0v) is 20.6. The van der Waals surface area contributed by atoms with E-state index in [9.17, 15) is 4.79 Å². The van der Waals surface area contributed by atoms with Crippen molar-refractivity contribution >= 4 is 35.8 Å². The van der Waals surface area contributed by atoms with Gasteiger partial charge in [0.15, 0.2) is 5.96 Å². The van der Waals surface area contributed by atoms with Crippen molar-refractivity contribution in [1.82, 2.24) is 15.1 Å². The molecule has 0 aromatic heterocycles. The highest BCUT2D eigenvalue weighted by molar-refractivity contribution is 14.0. The van der Waals surface area contributed by atoms with E-state index >= 15 is 0 Å². The van der Waals surface area contributed by atoms with Crippen LogP contribution >= 0.6 is 24.0 Å². The van der Waals surface area contributed by atoms with Crippen LogP contribution in [-0.2, 0) is 16.1 Å². The van der Waals surface area contributed by atoms with Crippen LogP contribution in [0.5, 0.6) is 5.75 Å². The molecule has 1 atom stereocenters. The number of hydrogen-bond donors (Lipinski definition) is 1. The molecule has 0 aliphatic carbocycles. The zero-order chi connectivity index (χ0) is 20.6. The van der Waals surface area contributed by atoms with Crippen molar-refractivity contribution in [3.8, 4) is 5.75 Å². The summed E-state index contributed by atoms with van der Waals surface area (Å²) in [5.41, 5.74) is 1.18. The summed E-state index contributed by atoms with van der Waals surface area (Å²) in [4.78, 5) is 21.0. The highest BCUT2D eigenvalue weighted by Gasteiger charge is 2.30. The Morgan fingerprint density at radius 3 is 2.43 bits per heavy atom. The molecule has 0 spiro atoms. The monoisotopic (exact) mass is 530 g/mol. The summed E-state index contributed by atoms with van der Waals surface area (Å²) in [6.07, 6.45) is 1.60. The normalized spacial score (nSPS) is 19.6. The standard InChI is InChI=1S/C22H34N4O3.HI/c1-17(2)16-29-19-8-6-18(7-9-19)15-24-22(23-3)26-12-10-25(11-13-26)21(27)20-5-4-14-28-20;/h6-9,17,20H,4-5,10-16H2,1-3H3,(H,23,24);1H. The van der Waals surface area contributed by atoms with Gasteiger partial charge in [-0.1, -0.05) is 26.0 Å². The first-order valence-corrected chi connectivity index (χ1v) is 10.6. The lowest BCUT2D eigenvalue weighted by Gasteiger charge is -2.37. The molecule has 7 nitrogen and oxygen atoms in total. The van der Waals surface area contributed by atoms with Gasteiger partial charge in [0, 0.05) is 46.4 Å². The summed E-state index contributed by atoms with van der Waals surface area (Å²) in [7, 11) is 1.80. The molecule has 8 heteroatoms. The molecule has 2 aliphatic heterocycles. The van der Waals surface area contributed by atoms with E-state index in [4.69, 9.17) is 9.47 Å². The van der Waals surface area contributed by atoms with Crippen molar-refractivity contribution in [3.05, 3.63) is 29.8 Å². The molecule has 2 heterocycles. The van der Waals surface area contributed by atoms with Crippen molar-refractivity contribution in [2.75, 3.05) is 46.4 Å². The van der Waals surface area contributed by atoms with E-state index < -0.39 is 0 Å². The Bertz CT molecular complexity index is 682. The van der Waals surface area contributed by atoms with Gasteiger partial charge in [0.2, 0.25) is 0 Å². The number of nitrogens with zero attached hydrogens (tertiary/aromatic N) is 3. The average molecular weight is 530 g/mol. The Balaban J connectivity index is 0.00000320. The summed E-state index contributed by atoms with van der Waals surface area (Å²) in [5, 5.41) is 3.43. The highest BCUT2D eigenvalue weighted by Crippen LogP contribution is 2.16. The molecule has 1 unspecified atom stereocenters. The number of halogens is 1. The van der Waals surface area contributed by atoms with Crippen LogP contribution in [-0.4, -0.2) is 74.2 Å². The Morgan fingerprint density at radius 2 is 1.87 bits per heavy atom. The fourth-order valence-corrected chi connectivity index (χ4v) is 3.59. The quantitative estimate of drug-likeness (QED) is 0.348. The van der Waals surface area contributed by atoms with E-state index in [0.717, 1.165) is 44.2 Å². The Morgan fingerprint density at radius 1 is 1.20 bits per heavy atom. The van der Waals surface area contributed by atoms with E-state index in [-0.39, 0.29) is 36.0 Å². The maximum Gasteiger partial charge on any atom is 0.251 e. The molecular weight excluding hydrogens is 495 g/mol. The maximum atomic E-state index is 12.5. The van der Waals surface area contributed by atoms with E-state index in [1.165, 1.54) is 5.56 Å². The minimum atomic E-state index is -0.230. The van der Waals surface area contributed by atoms with Gasteiger partial charge < -0.3 is 24.6 Å². The summed E-state index contributed by atoms with van der Waals surface area (Å²) >= 11 is 0. The summed E-state index contributed by atoms with van der Waals surface area (Å²) in [6, 6.07) is 8.18. The lowest BCUT2D eigenvalue weighted by molar-refractivity contribution is -0.142. The number of benzene rings is 1. The lowest BCUT2D eigenvalue weighted by atomic mass is 10.2. The van der Waals surface area contributed by atoms with Gasteiger partial charge in [-0.2, -0.15) is 0 Å². The number of rotatable bonds is 6. The third kappa shape index (κ3) is 7.01. The highest BCUT2D eigenvalue weighted by atomic mass is 127. The summed E-state index contributed by atoms with van der Waals surface area (Å²) < 4.78 is 11.3. The van der Waals surface area contributed by atoms with Gasteiger partial charge in [-0.3, -0.25) is 9.79 Å². The molecule has 168 valence electrons. The van der Waals surface area contributed by atoms with Crippen LogP contribution in [0.1, 0.15) is 32.3 Å². The SMILES string of the molecule is CN=C(NCc1ccc(OCC(C)C)cc1)N1CCN(C(=O)C2CCCO2)CC1.I. The number of piperazine rings is 1. The van der Waals surface area contributed by atoms with Gasteiger partial charge >= 0.3 is 0 Å². The molecule has 1 amide bonds. The average Bonchev–Trinajstić information content (AvgIpc) is 3.28. The molecule has 30 heavy (non-hydrogen) atoms. The van der Waals surface area contributed by atoms with Crippen molar-refractivity contribution in [2.24, 2.45) is 10.9 Å². The molecule has 2 saturated heterocycles. The van der Waals surface area contributed by atoms with Crippen molar-refractivity contribution in [2.45, 2.75) is 39.3 Å². The number of carbonyl (C=O) groups is 1. The second kappa shape index (κ2) is 12.3. The van der Waals surface area contributed by atoms with E-state index in [0.29, 0.717) is 32.2 Å². The van der Waals surface area contributed by atoms with Crippen LogP contribution in [0.4, 0.5) is 0 Å². The third-order valence-corrected chi connectivity index (χ3v) is 5.27. The lowest BCUT2D eigenvalue weighted by Crippen LogP contribution is -2.55. The van der Waals surface area contributed by atoms with E-state index in [1.807, 2.05) is 17.0 Å². The summed E-state index contributed by atoms with van der Waals surface area (Å²) in [5.74, 6) is 2.43. The molecule has 2 fully saturated rings. The Hall–Kier alpha value is -1.55. The van der Waals surface area contributed by atoms with Gasteiger partial charge in [0.1, 0.15) is 11.9 Å². The predicted molar refractivity (Wildman–Crippen MR) is 130 cm³/mol. The second-order valence-electron chi connectivity index (χ2n) is 8.06. The molecule has 1 N–H and O–H groups in total. The van der Waals surface area contributed by atoms with Crippen molar-refractivity contribution in [3.63, 3.8) is 0 Å². The van der Waals surface area contributed by atoms with Crippen LogP contribution < -0.4 is 10.1 Å². The number of hydrogen-bond acceptors (Lipinski definition) is 4. The fourth-order valence-electron chi connectivity index (χ4n) is 3.59. The molecule has 0 bridgehead atoms. The van der Waals surface area contributed by atoms with E-state index in [1.54, 1.807) is 7.05 Å². The van der Waals surface area contributed by atoms with Crippen LogP contribution in [0.25, 0.3) is 0 Å². The number of ether oxygens (including phenoxy) is 2. The van der Waals surface area contributed by atoms with Crippen LogP contribution in [0.15, 0.2) is 29.3 Å². The molecule has 1 aromatic rings. The number of guanidine groups is 1. The van der Waals surface area contributed by atoms with Crippen molar-refractivity contribution in [1.29, 1.82) is 0 Å². The minimum Gasteiger partial charge on any atom is -0.493 e. The summed E-state index contributed by atoms with van der Waals surface area (Å²) in [6.45, 7) is 9.39. The second-order valence-corrected chi connectivity index (χ2v) is 8.06. The first-order chi connectivity index (χ1) is 14.1. The number of amides is 1. The number of aliphatic imine (C=N–C) groups is 1. The Kier molecular flexibility index (Phi) is 10.2. The van der Waals surface area contributed by atoms with Crippen LogP contribution in [0, 0.1) is 5.92 Å². The van der Waals surface area contributed by atoms with Gasteiger partial charge in [-0.25, -0.2) is 0 Å². The molecule has 3 rings (SSSR count).